The molecule has 1 saturated heterocycles. The number of carboxylic acid groups (broad SMARTS) is 1. The first-order chi connectivity index (χ1) is 20.2. The number of fused-ring (bicyclic) bond motifs is 1. The highest BCUT2D eigenvalue weighted by molar-refractivity contribution is 6.34. The molecule has 1 aliphatic rings. The van der Waals surface area contributed by atoms with E-state index in [0.717, 1.165) is 23.3 Å². The van der Waals surface area contributed by atoms with Gasteiger partial charge in [-0.05, 0) is 54.3 Å². The van der Waals surface area contributed by atoms with Crippen LogP contribution in [0.1, 0.15) is 36.5 Å². The SMILES string of the molecule is COc1ccc(C(F)(F)F)cc1-c1cc2c(cc1Cl)n(CC1CN(C(=O)O)C1)c(=O)c(=O)n2-c1c(C)cccc1C(C)C. The van der Waals surface area contributed by atoms with Crippen molar-refractivity contribution in [1.82, 2.24) is 14.0 Å². The van der Waals surface area contributed by atoms with Gasteiger partial charge in [0.15, 0.2) is 0 Å². The predicted molar refractivity (Wildman–Crippen MR) is 158 cm³/mol. The van der Waals surface area contributed by atoms with Gasteiger partial charge in [-0.15, -0.1) is 0 Å². The first-order valence-electron chi connectivity index (χ1n) is 13.5. The van der Waals surface area contributed by atoms with E-state index in [1.165, 1.54) is 39.3 Å². The zero-order chi connectivity index (χ0) is 31.4. The number of carbonyl (C=O) groups is 1. The monoisotopic (exact) mass is 615 g/mol. The minimum absolute atomic E-state index is 0.0356. The summed E-state index contributed by atoms with van der Waals surface area (Å²) in [6.07, 6.45) is -5.71. The Morgan fingerprint density at radius 2 is 1.74 bits per heavy atom. The summed E-state index contributed by atoms with van der Waals surface area (Å²) in [7, 11) is 1.33. The van der Waals surface area contributed by atoms with Crippen molar-refractivity contribution in [1.29, 1.82) is 0 Å². The van der Waals surface area contributed by atoms with Gasteiger partial charge in [0.1, 0.15) is 5.75 Å². The number of aromatic nitrogens is 2. The number of aryl methyl sites for hydroxylation is 1. The minimum Gasteiger partial charge on any atom is -0.496 e. The van der Waals surface area contributed by atoms with E-state index in [0.29, 0.717) is 5.69 Å². The third-order valence-corrected chi connectivity index (χ3v) is 8.14. The molecule has 2 heterocycles. The van der Waals surface area contributed by atoms with Crippen LogP contribution >= 0.6 is 11.6 Å². The van der Waals surface area contributed by atoms with Gasteiger partial charge in [0, 0.05) is 36.7 Å². The number of alkyl halides is 3. The first kappa shape index (κ1) is 30.2. The molecule has 226 valence electrons. The van der Waals surface area contributed by atoms with Crippen LogP contribution in [0, 0.1) is 12.8 Å². The van der Waals surface area contributed by atoms with E-state index in [9.17, 15) is 32.7 Å². The second-order valence-electron chi connectivity index (χ2n) is 11.0. The molecule has 0 spiro atoms. The Morgan fingerprint density at radius 1 is 1.05 bits per heavy atom. The van der Waals surface area contributed by atoms with Crippen molar-refractivity contribution in [3.63, 3.8) is 0 Å². The fourth-order valence-corrected chi connectivity index (χ4v) is 5.89. The zero-order valence-corrected chi connectivity index (χ0v) is 24.6. The highest BCUT2D eigenvalue weighted by Gasteiger charge is 2.33. The molecule has 1 aliphatic heterocycles. The van der Waals surface area contributed by atoms with Crippen LogP contribution in [0.5, 0.6) is 5.75 Å². The molecule has 0 aliphatic carbocycles. The molecule has 5 rings (SSSR count). The lowest BCUT2D eigenvalue weighted by atomic mass is 9.97. The van der Waals surface area contributed by atoms with Crippen LogP contribution in [0.15, 0.2) is 58.1 Å². The van der Waals surface area contributed by atoms with Gasteiger partial charge in [-0.2, -0.15) is 13.2 Å². The average molecular weight is 616 g/mol. The third-order valence-electron chi connectivity index (χ3n) is 7.83. The first-order valence-corrected chi connectivity index (χ1v) is 13.9. The molecule has 3 aromatic carbocycles. The molecule has 0 atom stereocenters. The highest BCUT2D eigenvalue weighted by atomic mass is 35.5. The number of amides is 1. The van der Waals surface area contributed by atoms with Crippen molar-refractivity contribution < 1.29 is 27.8 Å². The fraction of sp³-hybridized carbons (Fsp3) is 0.323. The van der Waals surface area contributed by atoms with Crippen LogP contribution in [0.3, 0.4) is 0 Å². The quantitative estimate of drug-likeness (QED) is 0.249. The summed E-state index contributed by atoms with van der Waals surface area (Å²) in [5, 5.41) is 9.28. The fourth-order valence-electron chi connectivity index (χ4n) is 5.63. The molecule has 8 nitrogen and oxygen atoms in total. The van der Waals surface area contributed by atoms with Crippen LogP contribution in [0.2, 0.25) is 5.02 Å². The van der Waals surface area contributed by atoms with Crippen LogP contribution in [0.25, 0.3) is 27.8 Å². The molecule has 1 fully saturated rings. The van der Waals surface area contributed by atoms with Gasteiger partial charge in [0.05, 0.1) is 34.4 Å². The Labute approximate surface area is 249 Å². The zero-order valence-electron chi connectivity index (χ0n) is 23.8. The van der Waals surface area contributed by atoms with Gasteiger partial charge in [-0.1, -0.05) is 43.6 Å². The molecule has 12 heteroatoms. The Morgan fingerprint density at radius 3 is 2.35 bits per heavy atom. The van der Waals surface area contributed by atoms with E-state index in [-0.39, 0.29) is 64.4 Å². The lowest BCUT2D eigenvalue weighted by Gasteiger charge is -2.37. The highest BCUT2D eigenvalue weighted by Crippen LogP contribution is 2.41. The van der Waals surface area contributed by atoms with Gasteiger partial charge in [-0.3, -0.25) is 14.2 Å². The maximum Gasteiger partial charge on any atom is 0.416 e. The smallest absolute Gasteiger partial charge is 0.416 e. The average Bonchev–Trinajstić information content (AvgIpc) is 2.91. The Kier molecular flexibility index (Phi) is 7.81. The molecule has 0 unspecified atom stereocenters. The third kappa shape index (κ3) is 5.37. The lowest BCUT2D eigenvalue weighted by molar-refractivity contribution is -0.137. The number of nitrogens with zero attached hydrogens (tertiary/aromatic N) is 3. The summed E-state index contributed by atoms with van der Waals surface area (Å²) in [6.45, 7) is 6.15. The van der Waals surface area contributed by atoms with Crippen LogP contribution < -0.4 is 15.9 Å². The van der Waals surface area contributed by atoms with E-state index < -0.39 is 29.0 Å². The molecule has 1 aromatic heterocycles. The van der Waals surface area contributed by atoms with Crippen molar-refractivity contribution in [2.75, 3.05) is 20.2 Å². The number of hydrogen-bond acceptors (Lipinski definition) is 4. The number of hydrogen-bond donors (Lipinski definition) is 1. The van der Waals surface area contributed by atoms with E-state index in [4.69, 9.17) is 16.3 Å². The van der Waals surface area contributed by atoms with E-state index in [1.54, 1.807) is 0 Å². The van der Waals surface area contributed by atoms with Crippen molar-refractivity contribution in [2.24, 2.45) is 5.92 Å². The van der Waals surface area contributed by atoms with Crippen LogP contribution in [-0.4, -0.2) is 45.4 Å². The Hall–Kier alpha value is -4.25. The van der Waals surface area contributed by atoms with Crippen molar-refractivity contribution in [3.05, 3.63) is 91.0 Å². The topological polar surface area (TPSA) is 93.8 Å². The van der Waals surface area contributed by atoms with Crippen molar-refractivity contribution in [2.45, 2.75) is 39.4 Å². The molecule has 1 N–H and O–H groups in total. The van der Waals surface area contributed by atoms with Gasteiger partial charge >= 0.3 is 23.4 Å². The lowest BCUT2D eigenvalue weighted by Crippen LogP contribution is -2.52. The summed E-state index contributed by atoms with van der Waals surface area (Å²) in [5.41, 5.74) is 0.229. The second-order valence-corrected chi connectivity index (χ2v) is 11.4. The molecule has 1 amide bonds. The van der Waals surface area contributed by atoms with Crippen LogP contribution in [-0.2, 0) is 12.7 Å². The molecule has 43 heavy (non-hydrogen) atoms. The standard InChI is InChI=1S/C31H29ClF3N3O5/c1-16(2)20-7-5-6-17(3)27(20)38-25-11-21(22-10-19(31(33,34)35)8-9-26(22)43-4)23(32)12-24(25)37(28(39)29(38)40)15-18-13-36(14-18)30(41)42/h5-12,16,18H,13-15H2,1-4H3,(H,41,42). The summed E-state index contributed by atoms with van der Waals surface area (Å²) < 4.78 is 49.1. The normalized spacial score (nSPS) is 13.9. The summed E-state index contributed by atoms with van der Waals surface area (Å²) in [5.74, 6) is -0.121. The maximum absolute atomic E-state index is 14.0. The second kappa shape index (κ2) is 11.1. The number of likely N-dealkylation sites (tertiary alicyclic amines) is 1. The predicted octanol–water partition coefficient (Wildman–Crippen LogP) is 6.54. The number of halogens is 4. The van der Waals surface area contributed by atoms with E-state index >= 15 is 0 Å². The number of benzene rings is 3. The number of methoxy groups -OCH3 is 1. The molecule has 4 aromatic rings. The van der Waals surface area contributed by atoms with Gasteiger partial charge in [0.2, 0.25) is 0 Å². The summed E-state index contributed by atoms with van der Waals surface area (Å²) >= 11 is 6.73. The molecule has 0 radical (unpaired) electrons. The molecule has 0 saturated carbocycles. The van der Waals surface area contributed by atoms with Crippen LogP contribution in [0.4, 0.5) is 18.0 Å². The number of ether oxygens (including phenoxy) is 1. The van der Waals surface area contributed by atoms with Crippen molar-refractivity contribution >= 4 is 28.7 Å². The van der Waals surface area contributed by atoms with E-state index in [1.807, 2.05) is 39.0 Å². The largest absolute Gasteiger partial charge is 0.496 e. The molecular weight excluding hydrogens is 587 g/mol. The minimum atomic E-state index is -4.63. The Bertz CT molecular complexity index is 1870. The van der Waals surface area contributed by atoms with Gasteiger partial charge in [0.25, 0.3) is 0 Å². The molecular formula is C31H29ClF3N3O5. The maximum atomic E-state index is 14.0. The summed E-state index contributed by atoms with van der Waals surface area (Å²) in [6, 6.07) is 11.5. The number of rotatable bonds is 6. The van der Waals surface area contributed by atoms with Crippen molar-refractivity contribution in [3.8, 4) is 22.6 Å². The number of para-hydroxylation sites is 1. The Balaban J connectivity index is 1.86. The van der Waals surface area contributed by atoms with E-state index in [2.05, 4.69) is 0 Å². The molecule has 0 bridgehead atoms. The van der Waals surface area contributed by atoms with Gasteiger partial charge < -0.3 is 19.3 Å². The summed E-state index contributed by atoms with van der Waals surface area (Å²) in [4.78, 5) is 40.1. The van der Waals surface area contributed by atoms with Gasteiger partial charge in [-0.25, -0.2) is 4.79 Å².